The van der Waals surface area contributed by atoms with Crippen LogP contribution in [-0.2, 0) is 6.61 Å². The van der Waals surface area contributed by atoms with Gasteiger partial charge in [0.1, 0.15) is 0 Å². The molecule has 1 aliphatic rings. The van der Waals surface area contributed by atoms with Crippen LogP contribution in [0.15, 0.2) is 18.2 Å². The van der Waals surface area contributed by atoms with Crippen molar-refractivity contribution in [3.05, 3.63) is 28.8 Å². The van der Waals surface area contributed by atoms with Gasteiger partial charge in [0.05, 0.1) is 12.7 Å². The lowest BCUT2D eigenvalue weighted by Crippen LogP contribution is -2.37. The van der Waals surface area contributed by atoms with Crippen molar-refractivity contribution >= 4 is 17.3 Å². The third-order valence-corrected chi connectivity index (χ3v) is 3.74. The Morgan fingerprint density at radius 1 is 1.41 bits per heavy atom. The normalized spacial score (nSPS) is 23.3. The fourth-order valence-corrected chi connectivity index (χ4v) is 2.48. The van der Waals surface area contributed by atoms with Gasteiger partial charge in [-0.3, -0.25) is 0 Å². The molecule has 4 heteroatoms. The summed E-state index contributed by atoms with van der Waals surface area (Å²) >= 11 is 6.05. The lowest BCUT2D eigenvalue weighted by Gasteiger charge is -2.35. The second-order valence-corrected chi connectivity index (χ2v) is 5.21. The van der Waals surface area contributed by atoms with Crippen molar-refractivity contribution in [2.45, 2.75) is 25.6 Å². The largest absolute Gasteiger partial charge is 0.393 e. The Morgan fingerprint density at radius 3 is 2.65 bits per heavy atom. The van der Waals surface area contributed by atoms with Crippen LogP contribution < -0.4 is 4.90 Å². The number of benzene rings is 1. The fourth-order valence-electron chi connectivity index (χ4n) is 2.24. The minimum absolute atomic E-state index is 0.0301. The van der Waals surface area contributed by atoms with Gasteiger partial charge < -0.3 is 15.1 Å². The van der Waals surface area contributed by atoms with Crippen LogP contribution in [0.4, 0.5) is 5.69 Å². The number of rotatable bonds is 4. The summed E-state index contributed by atoms with van der Waals surface area (Å²) in [6, 6.07) is 5.69. The summed E-state index contributed by atoms with van der Waals surface area (Å²) in [4.78, 5) is 2.14. The molecule has 0 unspecified atom stereocenters. The molecule has 17 heavy (non-hydrogen) atoms. The molecule has 0 aromatic heterocycles. The first kappa shape index (κ1) is 12.7. The second-order valence-electron chi connectivity index (χ2n) is 4.81. The van der Waals surface area contributed by atoms with Crippen molar-refractivity contribution in [2.75, 3.05) is 18.5 Å². The van der Waals surface area contributed by atoms with Gasteiger partial charge in [-0.2, -0.15) is 0 Å². The second kappa shape index (κ2) is 5.25. The van der Waals surface area contributed by atoms with Gasteiger partial charge in [0.2, 0.25) is 0 Å². The van der Waals surface area contributed by atoms with E-state index in [1.807, 2.05) is 25.2 Å². The van der Waals surface area contributed by atoms with E-state index in [0.717, 1.165) is 30.6 Å². The van der Waals surface area contributed by atoms with Gasteiger partial charge in [0, 0.05) is 24.3 Å². The summed E-state index contributed by atoms with van der Waals surface area (Å²) in [5, 5.41) is 18.9. The van der Waals surface area contributed by atoms with Gasteiger partial charge in [0.25, 0.3) is 0 Å². The summed E-state index contributed by atoms with van der Waals surface area (Å²) in [7, 11) is 2.02. The molecule has 2 rings (SSSR count). The van der Waals surface area contributed by atoms with Crippen LogP contribution in [0, 0.1) is 5.92 Å². The monoisotopic (exact) mass is 255 g/mol. The highest BCUT2D eigenvalue weighted by molar-refractivity contribution is 6.31. The van der Waals surface area contributed by atoms with Gasteiger partial charge >= 0.3 is 0 Å². The molecule has 0 radical (unpaired) electrons. The first-order valence-electron chi connectivity index (χ1n) is 5.88. The zero-order valence-corrected chi connectivity index (χ0v) is 10.7. The van der Waals surface area contributed by atoms with Gasteiger partial charge in [-0.25, -0.2) is 0 Å². The Morgan fingerprint density at radius 2 is 2.12 bits per heavy atom. The van der Waals surface area contributed by atoms with Gasteiger partial charge in [-0.1, -0.05) is 17.7 Å². The molecule has 0 amide bonds. The maximum absolute atomic E-state index is 9.25. The molecule has 3 nitrogen and oxygen atoms in total. The van der Waals surface area contributed by atoms with E-state index in [1.165, 1.54) is 0 Å². The molecular formula is C13H18ClNO2. The van der Waals surface area contributed by atoms with E-state index in [9.17, 15) is 5.11 Å². The minimum atomic E-state index is -0.103. The molecule has 1 aromatic carbocycles. The Balaban J connectivity index is 1.99. The average molecular weight is 256 g/mol. The predicted octanol–water partition coefficient (Wildman–Crippen LogP) is 2.04. The van der Waals surface area contributed by atoms with E-state index in [4.69, 9.17) is 16.7 Å². The van der Waals surface area contributed by atoms with Crippen molar-refractivity contribution in [1.29, 1.82) is 0 Å². The van der Waals surface area contributed by atoms with E-state index in [0.29, 0.717) is 10.9 Å². The molecule has 0 aliphatic heterocycles. The maximum atomic E-state index is 9.25. The Bertz CT molecular complexity index is 391. The minimum Gasteiger partial charge on any atom is -0.393 e. The van der Waals surface area contributed by atoms with Crippen molar-refractivity contribution in [1.82, 2.24) is 0 Å². The van der Waals surface area contributed by atoms with Crippen LogP contribution in [0.1, 0.15) is 18.4 Å². The number of aliphatic hydroxyl groups excluding tert-OH is 2. The average Bonchev–Trinajstić information content (AvgIpc) is 2.26. The molecule has 0 heterocycles. The van der Waals surface area contributed by atoms with Gasteiger partial charge in [-0.15, -0.1) is 0 Å². The summed E-state index contributed by atoms with van der Waals surface area (Å²) < 4.78 is 0. The van der Waals surface area contributed by atoms with Crippen LogP contribution in [0.2, 0.25) is 5.02 Å². The highest BCUT2D eigenvalue weighted by Crippen LogP contribution is 2.30. The SMILES string of the molecule is CN(CC1CC(O)C1)c1ccc(CO)c(Cl)c1. The molecule has 0 bridgehead atoms. The highest BCUT2D eigenvalue weighted by Gasteiger charge is 2.28. The summed E-state index contributed by atoms with van der Waals surface area (Å²) in [6.07, 6.45) is 1.69. The number of halogens is 1. The lowest BCUT2D eigenvalue weighted by molar-refractivity contribution is 0.0465. The van der Waals surface area contributed by atoms with Crippen molar-refractivity contribution in [2.24, 2.45) is 5.92 Å². The third kappa shape index (κ3) is 2.92. The predicted molar refractivity (Wildman–Crippen MR) is 69.4 cm³/mol. The molecule has 94 valence electrons. The smallest absolute Gasteiger partial charge is 0.0696 e. The van der Waals surface area contributed by atoms with Crippen molar-refractivity contribution < 1.29 is 10.2 Å². The maximum Gasteiger partial charge on any atom is 0.0696 e. The van der Waals surface area contributed by atoms with E-state index >= 15 is 0 Å². The van der Waals surface area contributed by atoms with Crippen LogP contribution >= 0.6 is 11.6 Å². The summed E-state index contributed by atoms with van der Waals surface area (Å²) in [6.45, 7) is 0.906. The standard InChI is InChI=1S/C13H18ClNO2/c1-15(7-9-4-12(17)5-9)11-3-2-10(8-16)13(14)6-11/h2-3,6,9,12,16-17H,4-5,7-8H2,1H3. The lowest BCUT2D eigenvalue weighted by atomic mass is 9.82. The first-order chi connectivity index (χ1) is 8.10. The Kier molecular flexibility index (Phi) is 3.92. The van der Waals surface area contributed by atoms with Crippen molar-refractivity contribution in [3.63, 3.8) is 0 Å². The number of anilines is 1. The molecule has 1 aromatic rings. The van der Waals surface area contributed by atoms with Crippen LogP contribution in [0.3, 0.4) is 0 Å². The quantitative estimate of drug-likeness (QED) is 0.865. The zero-order chi connectivity index (χ0) is 12.4. The number of hydrogen-bond donors (Lipinski definition) is 2. The molecule has 0 spiro atoms. The highest BCUT2D eigenvalue weighted by atomic mass is 35.5. The molecule has 1 aliphatic carbocycles. The van der Waals surface area contributed by atoms with E-state index in [2.05, 4.69) is 4.90 Å². The zero-order valence-electron chi connectivity index (χ0n) is 9.93. The number of nitrogens with zero attached hydrogens (tertiary/aromatic N) is 1. The molecule has 0 atom stereocenters. The van der Waals surface area contributed by atoms with Gasteiger partial charge in [0.15, 0.2) is 0 Å². The fraction of sp³-hybridized carbons (Fsp3) is 0.538. The number of aliphatic hydroxyl groups is 2. The Hall–Kier alpha value is -0.770. The topological polar surface area (TPSA) is 43.7 Å². The van der Waals surface area contributed by atoms with E-state index in [-0.39, 0.29) is 12.7 Å². The van der Waals surface area contributed by atoms with Gasteiger partial charge in [-0.05, 0) is 36.5 Å². The summed E-state index contributed by atoms with van der Waals surface area (Å²) in [5.74, 6) is 0.575. The molecule has 0 saturated heterocycles. The first-order valence-corrected chi connectivity index (χ1v) is 6.26. The van der Waals surface area contributed by atoms with Crippen LogP contribution in [-0.4, -0.2) is 29.9 Å². The van der Waals surface area contributed by atoms with Crippen molar-refractivity contribution in [3.8, 4) is 0 Å². The van der Waals surface area contributed by atoms with E-state index in [1.54, 1.807) is 0 Å². The molecule has 1 saturated carbocycles. The molecular weight excluding hydrogens is 238 g/mol. The third-order valence-electron chi connectivity index (χ3n) is 3.39. The summed E-state index contributed by atoms with van der Waals surface area (Å²) in [5.41, 5.74) is 1.80. The van der Waals surface area contributed by atoms with Crippen LogP contribution in [0.5, 0.6) is 0 Å². The molecule has 1 fully saturated rings. The van der Waals surface area contributed by atoms with Crippen LogP contribution in [0.25, 0.3) is 0 Å². The van der Waals surface area contributed by atoms with E-state index < -0.39 is 0 Å². The Labute approximate surface area is 107 Å². The number of hydrogen-bond acceptors (Lipinski definition) is 3. The molecule has 2 N–H and O–H groups in total.